The van der Waals surface area contributed by atoms with Crippen molar-refractivity contribution in [1.29, 1.82) is 0 Å². The molecule has 0 amide bonds. The molecule has 0 aliphatic heterocycles. The van der Waals surface area contributed by atoms with Gasteiger partial charge >= 0.3 is 5.97 Å². The van der Waals surface area contributed by atoms with E-state index < -0.39 is 12.2 Å². The van der Waals surface area contributed by atoms with Crippen molar-refractivity contribution < 1.29 is 19.7 Å². The molecule has 0 aliphatic rings. The maximum atomic E-state index is 11.1. The predicted octanol–water partition coefficient (Wildman–Crippen LogP) is 2.60. The van der Waals surface area contributed by atoms with Crippen molar-refractivity contribution in [2.45, 2.75) is 58.7 Å². The molecule has 0 saturated carbocycles. The lowest BCUT2D eigenvalue weighted by Gasteiger charge is -2.07. The van der Waals surface area contributed by atoms with Gasteiger partial charge in [0.05, 0.1) is 18.8 Å². The molecule has 0 spiro atoms. The van der Waals surface area contributed by atoms with Crippen LogP contribution >= 0.6 is 0 Å². The quantitative estimate of drug-likeness (QED) is 0.478. The summed E-state index contributed by atoms with van der Waals surface area (Å²) in [6.07, 6.45) is 8.00. The lowest BCUT2D eigenvalue weighted by Crippen LogP contribution is -2.07. The maximum absolute atomic E-state index is 11.1. The lowest BCUT2D eigenvalue weighted by atomic mass is 10.1. The van der Waals surface area contributed by atoms with Crippen LogP contribution in [0.3, 0.4) is 0 Å². The van der Waals surface area contributed by atoms with E-state index in [1.54, 1.807) is 31.2 Å². The van der Waals surface area contributed by atoms with Gasteiger partial charge in [0.25, 0.3) is 0 Å². The van der Waals surface area contributed by atoms with Crippen LogP contribution in [0.4, 0.5) is 0 Å². The third-order valence-electron chi connectivity index (χ3n) is 2.68. The third-order valence-corrected chi connectivity index (χ3v) is 2.68. The van der Waals surface area contributed by atoms with Gasteiger partial charge in [0.15, 0.2) is 0 Å². The minimum Gasteiger partial charge on any atom is -0.466 e. The van der Waals surface area contributed by atoms with E-state index >= 15 is 0 Å². The van der Waals surface area contributed by atoms with E-state index in [4.69, 9.17) is 4.74 Å². The molecule has 0 aromatic carbocycles. The van der Waals surface area contributed by atoms with Gasteiger partial charge in [-0.05, 0) is 32.1 Å². The number of hydrogen-bond acceptors (Lipinski definition) is 4. The van der Waals surface area contributed by atoms with Crippen LogP contribution in [-0.4, -0.2) is 35.0 Å². The smallest absolute Gasteiger partial charge is 0.305 e. The molecule has 116 valence electrons. The van der Waals surface area contributed by atoms with Gasteiger partial charge in [-0.15, -0.1) is 0 Å². The van der Waals surface area contributed by atoms with Crippen LogP contribution in [0, 0.1) is 5.92 Å². The summed E-state index contributed by atoms with van der Waals surface area (Å²) in [4.78, 5) is 11.1. The monoisotopic (exact) mass is 284 g/mol. The summed E-state index contributed by atoms with van der Waals surface area (Å²) in [6.45, 7) is 6.28. The van der Waals surface area contributed by atoms with Crippen LogP contribution in [0.15, 0.2) is 24.3 Å². The van der Waals surface area contributed by atoms with E-state index in [9.17, 15) is 15.0 Å². The Hall–Kier alpha value is -1.13. The average Bonchev–Trinajstić information content (AvgIpc) is 2.34. The molecule has 0 aromatic rings. The summed E-state index contributed by atoms with van der Waals surface area (Å²) < 4.78 is 4.80. The molecule has 0 bridgehead atoms. The molecule has 4 nitrogen and oxygen atoms in total. The SMILES string of the molecule is CCOC(=O)CCC[C@H](O)/C=C/C=C/[C@H](O)CC(C)C. The molecule has 0 aromatic heterocycles. The van der Waals surface area contributed by atoms with Gasteiger partial charge in [-0.2, -0.15) is 0 Å². The first kappa shape index (κ1) is 18.9. The number of aliphatic hydroxyl groups is 2. The Morgan fingerprint density at radius 3 is 2.30 bits per heavy atom. The second-order valence-electron chi connectivity index (χ2n) is 5.23. The van der Waals surface area contributed by atoms with E-state index in [-0.39, 0.29) is 5.97 Å². The first-order valence-corrected chi connectivity index (χ1v) is 7.32. The fourth-order valence-corrected chi connectivity index (χ4v) is 1.73. The van der Waals surface area contributed by atoms with Crippen LogP contribution in [0.25, 0.3) is 0 Å². The van der Waals surface area contributed by atoms with E-state index in [1.165, 1.54) is 0 Å². The Morgan fingerprint density at radius 1 is 1.15 bits per heavy atom. The molecular formula is C16H28O4. The van der Waals surface area contributed by atoms with Gasteiger partial charge in [0.1, 0.15) is 0 Å². The zero-order chi connectivity index (χ0) is 15.4. The Balaban J connectivity index is 3.79. The fourth-order valence-electron chi connectivity index (χ4n) is 1.73. The molecule has 0 aliphatic carbocycles. The van der Waals surface area contributed by atoms with Gasteiger partial charge in [-0.1, -0.05) is 38.2 Å². The average molecular weight is 284 g/mol. The van der Waals surface area contributed by atoms with Gasteiger partial charge in [-0.3, -0.25) is 4.79 Å². The summed E-state index contributed by atoms with van der Waals surface area (Å²) in [5.74, 6) is 0.229. The second kappa shape index (κ2) is 11.7. The van der Waals surface area contributed by atoms with Crippen LogP contribution < -0.4 is 0 Å². The normalized spacial score (nSPS) is 15.1. The van der Waals surface area contributed by atoms with Crippen molar-refractivity contribution in [3.8, 4) is 0 Å². The second-order valence-corrected chi connectivity index (χ2v) is 5.23. The Kier molecular flexibility index (Phi) is 11.0. The highest BCUT2D eigenvalue weighted by Gasteiger charge is 2.04. The number of carbonyl (C=O) groups excluding carboxylic acids is 1. The van der Waals surface area contributed by atoms with Crippen LogP contribution in [0.1, 0.15) is 46.5 Å². The van der Waals surface area contributed by atoms with Crippen molar-refractivity contribution in [3.63, 3.8) is 0 Å². The van der Waals surface area contributed by atoms with E-state index in [0.717, 1.165) is 6.42 Å². The molecule has 0 saturated heterocycles. The maximum Gasteiger partial charge on any atom is 0.305 e. The zero-order valence-corrected chi connectivity index (χ0v) is 12.8. The molecule has 0 radical (unpaired) electrons. The first-order valence-electron chi connectivity index (χ1n) is 7.32. The minimum absolute atomic E-state index is 0.222. The molecule has 4 heteroatoms. The number of carbonyl (C=O) groups is 1. The predicted molar refractivity (Wildman–Crippen MR) is 80.2 cm³/mol. The highest BCUT2D eigenvalue weighted by atomic mass is 16.5. The molecule has 20 heavy (non-hydrogen) atoms. The van der Waals surface area contributed by atoms with Gasteiger partial charge in [0, 0.05) is 6.42 Å². The lowest BCUT2D eigenvalue weighted by molar-refractivity contribution is -0.143. The summed E-state index contributed by atoms with van der Waals surface area (Å²) in [7, 11) is 0. The molecular weight excluding hydrogens is 256 g/mol. The van der Waals surface area contributed by atoms with E-state index in [1.807, 2.05) is 0 Å². The molecule has 0 unspecified atom stereocenters. The van der Waals surface area contributed by atoms with E-state index in [0.29, 0.717) is 31.8 Å². The first-order chi connectivity index (χ1) is 9.45. The molecule has 0 rings (SSSR count). The van der Waals surface area contributed by atoms with Gasteiger partial charge in [0.2, 0.25) is 0 Å². The third kappa shape index (κ3) is 11.9. The van der Waals surface area contributed by atoms with Crippen molar-refractivity contribution in [3.05, 3.63) is 24.3 Å². The van der Waals surface area contributed by atoms with Crippen LogP contribution in [0.2, 0.25) is 0 Å². The summed E-state index contributed by atoms with van der Waals surface area (Å²) in [5, 5.41) is 19.3. The summed E-state index contributed by atoms with van der Waals surface area (Å²) in [6, 6.07) is 0. The number of ether oxygens (including phenoxy) is 1. The molecule has 2 N–H and O–H groups in total. The topological polar surface area (TPSA) is 66.8 Å². The van der Waals surface area contributed by atoms with Gasteiger partial charge in [-0.25, -0.2) is 0 Å². The van der Waals surface area contributed by atoms with Crippen molar-refractivity contribution in [2.24, 2.45) is 5.92 Å². The Morgan fingerprint density at radius 2 is 1.75 bits per heavy atom. The van der Waals surface area contributed by atoms with Crippen molar-refractivity contribution in [1.82, 2.24) is 0 Å². The number of allylic oxidation sites excluding steroid dienone is 2. The summed E-state index contributed by atoms with van der Waals surface area (Å²) in [5.41, 5.74) is 0. The number of rotatable bonds is 10. The molecule has 2 atom stereocenters. The fraction of sp³-hybridized carbons (Fsp3) is 0.688. The van der Waals surface area contributed by atoms with Crippen molar-refractivity contribution >= 4 is 5.97 Å². The number of aliphatic hydroxyl groups excluding tert-OH is 2. The van der Waals surface area contributed by atoms with Gasteiger partial charge < -0.3 is 14.9 Å². The largest absolute Gasteiger partial charge is 0.466 e. The zero-order valence-electron chi connectivity index (χ0n) is 12.8. The minimum atomic E-state index is -0.573. The highest BCUT2D eigenvalue weighted by molar-refractivity contribution is 5.69. The number of hydrogen-bond donors (Lipinski definition) is 2. The van der Waals surface area contributed by atoms with E-state index in [2.05, 4.69) is 13.8 Å². The number of esters is 1. The van der Waals surface area contributed by atoms with Crippen LogP contribution in [-0.2, 0) is 9.53 Å². The molecule has 0 heterocycles. The van der Waals surface area contributed by atoms with Crippen LogP contribution in [0.5, 0.6) is 0 Å². The standard InChI is InChI=1S/C16H28O4/c1-4-20-16(19)11-7-10-14(17)8-5-6-9-15(18)12-13(2)3/h5-6,8-9,13-15,17-18H,4,7,10-12H2,1-3H3/b8-5+,9-6+/t14-,15+/m1/s1. The highest BCUT2D eigenvalue weighted by Crippen LogP contribution is 2.06. The Labute approximate surface area is 122 Å². The molecule has 0 fully saturated rings. The van der Waals surface area contributed by atoms with Crippen molar-refractivity contribution in [2.75, 3.05) is 6.61 Å². The summed E-state index contributed by atoms with van der Waals surface area (Å²) >= 11 is 0. The Bertz CT molecular complexity index is 308.